The molecule has 100 valence electrons. The van der Waals surface area contributed by atoms with E-state index in [0.717, 1.165) is 19.1 Å². The van der Waals surface area contributed by atoms with E-state index >= 15 is 0 Å². The monoisotopic (exact) mass is 240 g/mol. The molecule has 2 saturated heterocycles. The molecule has 17 heavy (non-hydrogen) atoms. The molecule has 2 heterocycles. The minimum Gasteiger partial charge on any atom is -0.378 e. The van der Waals surface area contributed by atoms with Gasteiger partial charge in [0.25, 0.3) is 0 Å². The quantitative estimate of drug-likeness (QED) is 0.820. The molecule has 3 nitrogen and oxygen atoms in total. The third-order valence-electron chi connectivity index (χ3n) is 4.19. The third-order valence-corrected chi connectivity index (χ3v) is 4.19. The average molecular weight is 240 g/mol. The van der Waals surface area contributed by atoms with Crippen LogP contribution in [-0.2, 0) is 4.74 Å². The molecule has 0 radical (unpaired) electrons. The van der Waals surface area contributed by atoms with Crippen LogP contribution in [0.2, 0.25) is 0 Å². The van der Waals surface area contributed by atoms with E-state index in [1.807, 2.05) is 0 Å². The van der Waals surface area contributed by atoms with Gasteiger partial charge in [0.1, 0.15) is 0 Å². The van der Waals surface area contributed by atoms with Crippen LogP contribution >= 0.6 is 0 Å². The number of nitrogens with zero attached hydrogens (tertiary/aromatic N) is 1. The Labute approximate surface area is 106 Å². The second kappa shape index (κ2) is 6.17. The molecule has 2 N–H and O–H groups in total. The molecule has 0 aromatic rings. The highest BCUT2D eigenvalue weighted by Gasteiger charge is 2.31. The summed E-state index contributed by atoms with van der Waals surface area (Å²) in [6.07, 6.45) is 6.54. The van der Waals surface area contributed by atoms with Crippen LogP contribution in [0.5, 0.6) is 0 Å². The van der Waals surface area contributed by atoms with Crippen molar-refractivity contribution in [2.45, 2.75) is 64.1 Å². The van der Waals surface area contributed by atoms with Crippen LogP contribution in [0.1, 0.15) is 46.0 Å². The Kier molecular flexibility index (Phi) is 4.83. The molecule has 2 aliphatic heterocycles. The first-order valence-electron chi connectivity index (χ1n) is 7.30. The molecule has 0 saturated carbocycles. The van der Waals surface area contributed by atoms with Gasteiger partial charge < -0.3 is 10.5 Å². The summed E-state index contributed by atoms with van der Waals surface area (Å²) in [6.45, 7) is 7.83. The van der Waals surface area contributed by atoms with Crippen molar-refractivity contribution in [2.24, 2.45) is 11.7 Å². The third kappa shape index (κ3) is 3.67. The number of likely N-dealkylation sites (tertiary alicyclic amines) is 1. The van der Waals surface area contributed by atoms with Crippen molar-refractivity contribution in [3.05, 3.63) is 0 Å². The summed E-state index contributed by atoms with van der Waals surface area (Å²) in [5.74, 6) is 0.756. The molecule has 2 rings (SSSR count). The Morgan fingerprint density at radius 2 is 2.12 bits per heavy atom. The number of piperidine rings is 1. The molecular formula is C14H28N2O. The van der Waals surface area contributed by atoms with Gasteiger partial charge in [-0.3, -0.25) is 4.90 Å². The van der Waals surface area contributed by atoms with Crippen molar-refractivity contribution >= 4 is 0 Å². The van der Waals surface area contributed by atoms with Gasteiger partial charge in [0, 0.05) is 31.8 Å². The first kappa shape index (κ1) is 13.3. The first-order chi connectivity index (χ1) is 8.19. The van der Waals surface area contributed by atoms with Crippen LogP contribution in [0.3, 0.4) is 0 Å². The number of hydrogen-bond acceptors (Lipinski definition) is 3. The summed E-state index contributed by atoms with van der Waals surface area (Å²) in [7, 11) is 0. The Balaban J connectivity index is 1.87. The predicted molar refractivity (Wildman–Crippen MR) is 71.0 cm³/mol. The summed E-state index contributed by atoms with van der Waals surface area (Å²) in [4.78, 5) is 2.63. The lowest BCUT2D eigenvalue weighted by atomic mass is 9.91. The zero-order valence-electron chi connectivity index (χ0n) is 11.4. The van der Waals surface area contributed by atoms with E-state index in [2.05, 4.69) is 18.7 Å². The molecule has 0 aliphatic carbocycles. The van der Waals surface area contributed by atoms with Crippen molar-refractivity contribution < 1.29 is 4.74 Å². The fourth-order valence-electron chi connectivity index (χ4n) is 3.46. The Hall–Kier alpha value is -0.120. The van der Waals surface area contributed by atoms with Crippen LogP contribution in [0.15, 0.2) is 0 Å². The Morgan fingerprint density at radius 1 is 1.29 bits per heavy atom. The van der Waals surface area contributed by atoms with Crippen molar-refractivity contribution in [3.63, 3.8) is 0 Å². The SMILES string of the molecule is CCCC1CC(N2CC(C)CC(N)C2)CCO1. The number of hydrogen-bond donors (Lipinski definition) is 1. The molecule has 3 heteroatoms. The Bertz CT molecular complexity index is 222. The first-order valence-corrected chi connectivity index (χ1v) is 7.30. The van der Waals surface area contributed by atoms with Crippen LogP contribution in [0, 0.1) is 5.92 Å². The molecule has 2 fully saturated rings. The summed E-state index contributed by atoms with van der Waals surface area (Å²) in [5.41, 5.74) is 6.14. The van der Waals surface area contributed by atoms with Crippen molar-refractivity contribution in [2.75, 3.05) is 19.7 Å². The van der Waals surface area contributed by atoms with E-state index in [9.17, 15) is 0 Å². The van der Waals surface area contributed by atoms with Crippen molar-refractivity contribution in [3.8, 4) is 0 Å². The van der Waals surface area contributed by atoms with E-state index < -0.39 is 0 Å². The minimum atomic E-state index is 0.381. The summed E-state index contributed by atoms with van der Waals surface area (Å²) < 4.78 is 5.84. The van der Waals surface area contributed by atoms with E-state index in [0.29, 0.717) is 18.2 Å². The zero-order chi connectivity index (χ0) is 12.3. The predicted octanol–water partition coefficient (Wildman–Crippen LogP) is 2.00. The van der Waals surface area contributed by atoms with Crippen LogP contribution in [-0.4, -0.2) is 42.8 Å². The average Bonchev–Trinajstić information content (AvgIpc) is 2.28. The van der Waals surface area contributed by atoms with E-state index in [-0.39, 0.29) is 0 Å². The summed E-state index contributed by atoms with van der Waals surface area (Å²) in [6, 6.07) is 1.10. The standard InChI is InChI=1S/C14H28N2O/c1-3-4-14-8-13(5-6-17-14)16-9-11(2)7-12(15)10-16/h11-14H,3-10,15H2,1-2H3. The highest BCUT2D eigenvalue weighted by atomic mass is 16.5. The molecule has 4 unspecified atom stereocenters. The van der Waals surface area contributed by atoms with Gasteiger partial charge >= 0.3 is 0 Å². The molecule has 0 bridgehead atoms. The fourth-order valence-corrected chi connectivity index (χ4v) is 3.46. The normalized spacial score (nSPS) is 40.4. The Morgan fingerprint density at radius 3 is 2.82 bits per heavy atom. The van der Waals surface area contributed by atoms with Crippen molar-refractivity contribution in [1.29, 1.82) is 0 Å². The van der Waals surface area contributed by atoms with Gasteiger partial charge in [-0.15, -0.1) is 0 Å². The van der Waals surface area contributed by atoms with Gasteiger partial charge in [-0.2, -0.15) is 0 Å². The van der Waals surface area contributed by atoms with Crippen LogP contribution < -0.4 is 5.73 Å². The fraction of sp³-hybridized carbons (Fsp3) is 1.00. The van der Waals surface area contributed by atoms with Gasteiger partial charge in [-0.05, 0) is 31.6 Å². The number of ether oxygens (including phenoxy) is 1. The lowest BCUT2D eigenvalue weighted by molar-refractivity contribution is -0.0397. The molecular weight excluding hydrogens is 212 g/mol. The lowest BCUT2D eigenvalue weighted by Crippen LogP contribution is -2.52. The van der Waals surface area contributed by atoms with Gasteiger partial charge in [-0.25, -0.2) is 0 Å². The molecule has 0 amide bonds. The maximum Gasteiger partial charge on any atom is 0.0590 e. The summed E-state index contributed by atoms with van der Waals surface area (Å²) >= 11 is 0. The van der Waals surface area contributed by atoms with Gasteiger partial charge in [-0.1, -0.05) is 20.3 Å². The van der Waals surface area contributed by atoms with Crippen LogP contribution in [0.25, 0.3) is 0 Å². The molecule has 2 aliphatic rings. The molecule has 4 atom stereocenters. The highest BCUT2D eigenvalue weighted by Crippen LogP contribution is 2.26. The maximum absolute atomic E-state index is 6.14. The van der Waals surface area contributed by atoms with E-state index in [1.54, 1.807) is 0 Å². The number of rotatable bonds is 3. The van der Waals surface area contributed by atoms with Crippen LogP contribution in [0.4, 0.5) is 0 Å². The molecule has 0 spiro atoms. The highest BCUT2D eigenvalue weighted by molar-refractivity contribution is 4.86. The number of nitrogens with two attached hydrogens (primary N) is 1. The molecule has 0 aromatic carbocycles. The lowest BCUT2D eigenvalue weighted by Gasteiger charge is -2.43. The van der Waals surface area contributed by atoms with Crippen molar-refractivity contribution in [1.82, 2.24) is 4.90 Å². The second-order valence-electron chi connectivity index (χ2n) is 6.01. The van der Waals surface area contributed by atoms with Gasteiger partial charge in [0.05, 0.1) is 6.10 Å². The van der Waals surface area contributed by atoms with E-state index in [4.69, 9.17) is 10.5 Å². The largest absolute Gasteiger partial charge is 0.378 e. The van der Waals surface area contributed by atoms with E-state index in [1.165, 1.54) is 38.6 Å². The minimum absolute atomic E-state index is 0.381. The zero-order valence-corrected chi connectivity index (χ0v) is 11.4. The smallest absolute Gasteiger partial charge is 0.0590 e. The van der Waals surface area contributed by atoms with Gasteiger partial charge in [0.2, 0.25) is 0 Å². The topological polar surface area (TPSA) is 38.5 Å². The second-order valence-corrected chi connectivity index (χ2v) is 6.01. The maximum atomic E-state index is 6.14. The molecule has 0 aromatic heterocycles. The summed E-state index contributed by atoms with van der Waals surface area (Å²) in [5, 5.41) is 0. The van der Waals surface area contributed by atoms with Gasteiger partial charge in [0.15, 0.2) is 0 Å².